The Morgan fingerprint density at radius 1 is 1.29 bits per heavy atom. The summed E-state index contributed by atoms with van der Waals surface area (Å²) in [5.74, 6) is 0. The molecule has 0 aromatic heterocycles. The van der Waals surface area contributed by atoms with E-state index in [9.17, 15) is 0 Å². The number of rotatable bonds is 1. The van der Waals surface area contributed by atoms with E-state index < -0.39 is 0 Å². The van der Waals surface area contributed by atoms with E-state index in [1.807, 2.05) is 6.08 Å². The SMILES string of the molecule is C=C/C=c1/c(C)c(C)c(P)c/c1=C/C. The van der Waals surface area contributed by atoms with Crippen molar-refractivity contribution in [3.05, 3.63) is 40.3 Å². The van der Waals surface area contributed by atoms with Gasteiger partial charge in [-0.2, -0.15) is 0 Å². The average molecular weight is 204 g/mol. The Hall–Kier alpha value is -0.870. The average Bonchev–Trinajstić information content (AvgIpc) is 2.19. The molecule has 0 aliphatic rings. The largest absolute Gasteiger partial charge is 0.105 e. The van der Waals surface area contributed by atoms with Gasteiger partial charge in [-0.15, -0.1) is 9.24 Å². The Morgan fingerprint density at radius 2 is 1.93 bits per heavy atom. The molecule has 1 atom stereocenters. The molecular formula is C13H17P. The molecule has 0 aliphatic carbocycles. The van der Waals surface area contributed by atoms with Crippen molar-refractivity contribution >= 4 is 26.7 Å². The van der Waals surface area contributed by atoms with Crippen molar-refractivity contribution in [2.24, 2.45) is 0 Å². The van der Waals surface area contributed by atoms with E-state index in [0.717, 1.165) is 0 Å². The molecule has 1 aromatic rings. The minimum atomic E-state index is 1.27. The molecule has 0 bridgehead atoms. The standard InChI is InChI=1S/C13H17P/c1-5-7-12-9(3)10(4)13(14)8-11(12)6-2/h5-8H,1,14H2,2-4H3/b11-6-,12-7-. The molecule has 0 saturated carbocycles. The van der Waals surface area contributed by atoms with Crippen LogP contribution < -0.4 is 15.7 Å². The van der Waals surface area contributed by atoms with E-state index in [1.54, 1.807) is 0 Å². The topological polar surface area (TPSA) is 0 Å². The minimum absolute atomic E-state index is 1.27. The Morgan fingerprint density at radius 3 is 2.43 bits per heavy atom. The van der Waals surface area contributed by atoms with Crippen LogP contribution in [0.25, 0.3) is 12.2 Å². The van der Waals surface area contributed by atoms with Crippen LogP contribution in [-0.2, 0) is 0 Å². The third-order valence-electron chi connectivity index (χ3n) is 2.62. The van der Waals surface area contributed by atoms with Crippen LogP contribution in [-0.4, -0.2) is 0 Å². The van der Waals surface area contributed by atoms with E-state index in [-0.39, 0.29) is 0 Å². The van der Waals surface area contributed by atoms with Crippen molar-refractivity contribution in [1.29, 1.82) is 0 Å². The molecule has 0 spiro atoms. The highest BCUT2D eigenvalue weighted by atomic mass is 31.0. The van der Waals surface area contributed by atoms with Crippen LogP contribution in [0.4, 0.5) is 0 Å². The van der Waals surface area contributed by atoms with Crippen LogP contribution in [0.2, 0.25) is 0 Å². The molecule has 74 valence electrons. The first kappa shape index (κ1) is 11.2. The van der Waals surface area contributed by atoms with Gasteiger partial charge in [-0.1, -0.05) is 24.8 Å². The Labute approximate surface area is 88.2 Å². The lowest BCUT2D eigenvalue weighted by Gasteiger charge is -2.05. The summed E-state index contributed by atoms with van der Waals surface area (Å²) in [6, 6.07) is 2.20. The van der Waals surface area contributed by atoms with Gasteiger partial charge in [0.15, 0.2) is 0 Å². The Kier molecular flexibility index (Phi) is 3.66. The van der Waals surface area contributed by atoms with Gasteiger partial charge in [-0.3, -0.25) is 0 Å². The second kappa shape index (κ2) is 4.57. The van der Waals surface area contributed by atoms with Crippen molar-refractivity contribution in [2.45, 2.75) is 20.8 Å². The molecule has 0 saturated heterocycles. The van der Waals surface area contributed by atoms with Crippen molar-refractivity contribution in [2.75, 3.05) is 0 Å². The number of allylic oxidation sites excluding steroid dienone is 1. The summed E-state index contributed by atoms with van der Waals surface area (Å²) in [5.41, 5.74) is 2.68. The van der Waals surface area contributed by atoms with Crippen LogP contribution in [0, 0.1) is 13.8 Å². The Bertz CT molecular complexity index is 467. The molecule has 1 unspecified atom stereocenters. The minimum Gasteiger partial charge on any atom is -0.105 e. The van der Waals surface area contributed by atoms with Crippen LogP contribution in [0.1, 0.15) is 18.1 Å². The molecule has 0 radical (unpaired) electrons. The third-order valence-corrected chi connectivity index (χ3v) is 3.22. The highest BCUT2D eigenvalue weighted by Gasteiger charge is 1.99. The zero-order valence-corrected chi connectivity index (χ0v) is 10.2. The molecule has 0 fully saturated rings. The second-order valence-electron chi connectivity index (χ2n) is 3.41. The van der Waals surface area contributed by atoms with Gasteiger partial charge in [-0.05, 0) is 53.7 Å². The molecule has 0 amide bonds. The van der Waals surface area contributed by atoms with Gasteiger partial charge in [0.2, 0.25) is 0 Å². The summed E-state index contributed by atoms with van der Waals surface area (Å²) in [6.07, 6.45) is 6.05. The lowest BCUT2D eigenvalue weighted by Crippen LogP contribution is -2.31. The first-order chi connectivity index (χ1) is 6.61. The summed E-state index contributed by atoms with van der Waals surface area (Å²) >= 11 is 0. The first-order valence-electron chi connectivity index (χ1n) is 4.76. The summed E-state index contributed by atoms with van der Waals surface area (Å²) in [5, 5.41) is 3.83. The molecule has 1 heteroatoms. The van der Waals surface area contributed by atoms with E-state index in [2.05, 4.69) is 54.8 Å². The fraction of sp³-hybridized carbons (Fsp3) is 0.231. The van der Waals surface area contributed by atoms with Gasteiger partial charge >= 0.3 is 0 Å². The van der Waals surface area contributed by atoms with E-state index in [4.69, 9.17) is 0 Å². The lowest BCUT2D eigenvalue weighted by molar-refractivity contribution is 1.30. The van der Waals surface area contributed by atoms with E-state index in [0.29, 0.717) is 0 Å². The zero-order chi connectivity index (χ0) is 10.7. The zero-order valence-electron chi connectivity index (χ0n) is 9.09. The number of hydrogen-bond donors (Lipinski definition) is 0. The van der Waals surface area contributed by atoms with Crippen LogP contribution >= 0.6 is 9.24 Å². The molecule has 1 aromatic carbocycles. The van der Waals surface area contributed by atoms with Gasteiger partial charge in [0.05, 0.1) is 0 Å². The molecule has 1 rings (SSSR count). The van der Waals surface area contributed by atoms with Crippen LogP contribution in [0.3, 0.4) is 0 Å². The maximum Gasteiger partial charge on any atom is -0.0155 e. The summed E-state index contributed by atoms with van der Waals surface area (Å²) < 4.78 is 0. The molecule has 0 aliphatic heterocycles. The third kappa shape index (κ3) is 1.96. The van der Waals surface area contributed by atoms with Gasteiger partial charge < -0.3 is 0 Å². The van der Waals surface area contributed by atoms with Crippen molar-refractivity contribution in [3.8, 4) is 0 Å². The van der Waals surface area contributed by atoms with Gasteiger partial charge in [0, 0.05) is 0 Å². The number of benzene rings is 1. The van der Waals surface area contributed by atoms with Gasteiger partial charge in [-0.25, -0.2) is 0 Å². The summed E-state index contributed by atoms with van der Waals surface area (Å²) in [6.45, 7) is 10.1. The molecule has 0 nitrogen and oxygen atoms in total. The molecular weight excluding hydrogens is 187 g/mol. The molecule has 0 N–H and O–H groups in total. The molecule has 14 heavy (non-hydrogen) atoms. The maximum atomic E-state index is 3.75. The van der Waals surface area contributed by atoms with Crippen molar-refractivity contribution < 1.29 is 0 Å². The summed E-state index contributed by atoms with van der Waals surface area (Å²) in [7, 11) is 2.78. The highest BCUT2D eigenvalue weighted by Crippen LogP contribution is 1.99. The van der Waals surface area contributed by atoms with Crippen LogP contribution in [0.15, 0.2) is 18.7 Å². The first-order valence-corrected chi connectivity index (χ1v) is 5.34. The van der Waals surface area contributed by atoms with Crippen LogP contribution in [0.5, 0.6) is 0 Å². The lowest BCUT2D eigenvalue weighted by atomic mass is 10.0. The van der Waals surface area contributed by atoms with E-state index >= 15 is 0 Å². The monoisotopic (exact) mass is 204 g/mol. The summed E-state index contributed by atoms with van der Waals surface area (Å²) in [4.78, 5) is 0. The predicted molar refractivity (Wildman–Crippen MR) is 69.3 cm³/mol. The van der Waals surface area contributed by atoms with E-state index in [1.165, 1.54) is 26.9 Å². The fourth-order valence-corrected chi connectivity index (χ4v) is 1.96. The highest BCUT2D eigenvalue weighted by molar-refractivity contribution is 7.27. The van der Waals surface area contributed by atoms with Crippen molar-refractivity contribution in [1.82, 2.24) is 0 Å². The van der Waals surface area contributed by atoms with Crippen molar-refractivity contribution in [3.63, 3.8) is 0 Å². The number of hydrogen-bond acceptors (Lipinski definition) is 0. The fourth-order valence-electron chi connectivity index (χ4n) is 1.57. The normalized spacial score (nSPS) is 13.4. The molecule has 0 heterocycles. The quantitative estimate of drug-likeness (QED) is 0.609. The van der Waals surface area contributed by atoms with Gasteiger partial charge in [0.25, 0.3) is 0 Å². The predicted octanol–water partition coefficient (Wildman–Crippen LogP) is 1.57. The Balaban J connectivity index is 3.81. The second-order valence-corrected chi connectivity index (χ2v) is 4.03. The smallest absolute Gasteiger partial charge is 0.0155 e. The maximum absolute atomic E-state index is 3.75. The van der Waals surface area contributed by atoms with Gasteiger partial charge in [0.1, 0.15) is 0 Å².